The summed E-state index contributed by atoms with van der Waals surface area (Å²) < 4.78 is 0. The van der Waals surface area contributed by atoms with Crippen LogP contribution in [0.25, 0.3) is 0 Å². The Labute approximate surface area is 144 Å². The third kappa shape index (κ3) is 3.53. The summed E-state index contributed by atoms with van der Waals surface area (Å²) in [4.78, 5) is 54.4. The van der Waals surface area contributed by atoms with Gasteiger partial charge in [0.2, 0.25) is 0 Å². The monoisotopic (exact) mass is 362 g/mol. The molecule has 0 saturated heterocycles. The summed E-state index contributed by atoms with van der Waals surface area (Å²) in [5.74, 6) is -7.28. The van der Waals surface area contributed by atoms with Crippen LogP contribution in [0.5, 0.6) is 11.5 Å². The van der Waals surface area contributed by atoms with E-state index in [2.05, 4.69) is 0 Å². The highest BCUT2D eigenvalue weighted by molar-refractivity contribution is 6.04. The molecule has 0 aliphatic rings. The number of rotatable bonds is 7. The summed E-state index contributed by atoms with van der Waals surface area (Å²) in [5.41, 5.74) is -2.58. The van der Waals surface area contributed by atoms with E-state index in [9.17, 15) is 29.4 Å². The van der Waals surface area contributed by atoms with E-state index in [1.165, 1.54) is 12.1 Å². The second-order valence-corrected chi connectivity index (χ2v) is 4.74. The van der Waals surface area contributed by atoms with Crippen LogP contribution in [0.4, 0.5) is 0 Å². The van der Waals surface area contributed by atoms with Gasteiger partial charge in [-0.25, -0.2) is 19.2 Å². The van der Waals surface area contributed by atoms with Gasteiger partial charge in [-0.05, 0) is 24.3 Å². The van der Waals surface area contributed by atoms with E-state index in [1.807, 2.05) is 0 Å². The van der Waals surface area contributed by atoms with Gasteiger partial charge >= 0.3 is 23.9 Å². The molecule has 0 bridgehead atoms. The van der Waals surface area contributed by atoms with Crippen LogP contribution in [-0.2, 0) is 0 Å². The molecule has 0 amide bonds. The van der Waals surface area contributed by atoms with Crippen molar-refractivity contribution in [1.82, 2.24) is 0 Å². The fraction of sp³-hybridized carbons (Fsp3) is 0. The molecule has 2 aromatic rings. The molecule has 10 nitrogen and oxygen atoms in total. The van der Waals surface area contributed by atoms with Gasteiger partial charge < -0.3 is 20.4 Å². The van der Waals surface area contributed by atoms with Crippen molar-refractivity contribution in [3.63, 3.8) is 0 Å². The van der Waals surface area contributed by atoms with Gasteiger partial charge in [-0.2, -0.15) is 0 Å². The largest absolute Gasteiger partial charge is 0.478 e. The Balaban J connectivity index is 2.45. The van der Waals surface area contributed by atoms with Gasteiger partial charge in [-0.3, -0.25) is 9.78 Å². The summed E-state index contributed by atoms with van der Waals surface area (Å²) in [7, 11) is 0. The van der Waals surface area contributed by atoms with Crippen molar-refractivity contribution >= 4 is 23.9 Å². The summed E-state index contributed by atoms with van der Waals surface area (Å²) >= 11 is 0. The zero-order valence-electron chi connectivity index (χ0n) is 12.7. The first kappa shape index (κ1) is 18.3. The molecule has 26 heavy (non-hydrogen) atoms. The number of carboxylic acid groups (broad SMARTS) is 4. The number of hydrogen-bond donors (Lipinski definition) is 4. The van der Waals surface area contributed by atoms with Crippen LogP contribution in [0.2, 0.25) is 0 Å². The second kappa shape index (κ2) is 7.21. The molecular weight excluding hydrogens is 352 g/mol. The van der Waals surface area contributed by atoms with Gasteiger partial charge in [0.05, 0.1) is 11.1 Å². The lowest BCUT2D eigenvalue weighted by Crippen LogP contribution is -2.15. The average Bonchev–Trinajstić information content (AvgIpc) is 2.58. The lowest BCUT2D eigenvalue weighted by molar-refractivity contribution is -0.101. The van der Waals surface area contributed by atoms with Crippen molar-refractivity contribution in [2.75, 3.05) is 0 Å². The third-order valence-electron chi connectivity index (χ3n) is 3.16. The van der Waals surface area contributed by atoms with E-state index in [0.29, 0.717) is 0 Å². The van der Waals surface area contributed by atoms with E-state index in [4.69, 9.17) is 20.0 Å². The van der Waals surface area contributed by atoms with E-state index in [0.717, 1.165) is 24.3 Å². The Hall–Kier alpha value is -4.08. The molecule has 134 valence electrons. The molecule has 0 spiro atoms. The Morgan fingerprint density at radius 1 is 0.577 bits per heavy atom. The molecule has 0 aliphatic heterocycles. The van der Waals surface area contributed by atoms with Crippen LogP contribution in [-0.4, -0.2) is 44.3 Å². The van der Waals surface area contributed by atoms with E-state index >= 15 is 0 Å². The van der Waals surface area contributed by atoms with Crippen LogP contribution in [0.1, 0.15) is 41.4 Å². The first-order chi connectivity index (χ1) is 12.2. The smallest absolute Gasteiger partial charge is 0.340 e. The summed E-state index contributed by atoms with van der Waals surface area (Å²) in [5, 5.41) is 36.4. The van der Waals surface area contributed by atoms with Crippen LogP contribution in [0.15, 0.2) is 36.4 Å². The zero-order valence-corrected chi connectivity index (χ0v) is 12.7. The highest BCUT2D eigenvalue weighted by Crippen LogP contribution is 2.27. The molecule has 0 aliphatic carbocycles. The summed E-state index contributed by atoms with van der Waals surface area (Å²) in [6.07, 6.45) is 0. The first-order valence-electron chi connectivity index (χ1n) is 6.77. The van der Waals surface area contributed by atoms with Crippen molar-refractivity contribution in [2.24, 2.45) is 0 Å². The maximum atomic E-state index is 11.3. The molecule has 0 aromatic heterocycles. The molecule has 0 unspecified atom stereocenters. The molecule has 0 fully saturated rings. The number of hydrogen-bond acceptors (Lipinski definition) is 6. The molecule has 0 saturated carbocycles. The Morgan fingerprint density at radius 3 is 1.19 bits per heavy atom. The summed E-state index contributed by atoms with van der Waals surface area (Å²) in [6.45, 7) is 0. The van der Waals surface area contributed by atoms with E-state index in [1.54, 1.807) is 0 Å². The molecule has 10 heteroatoms. The Kier molecular flexibility index (Phi) is 5.07. The van der Waals surface area contributed by atoms with Crippen LogP contribution in [0, 0.1) is 0 Å². The Bertz CT molecular complexity index is 840. The number of carboxylic acids is 4. The maximum absolute atomic E-state index is 11.3. The molecule has 0 atom stereocenters. The summed E-state index contributed by atoms with van der Waals surface area (Å²) in [6, 6.07) is 6.65. The minimum absolute atomic E-state index is 0.505. The van der Waals surface area contributed by atoms with Crippen molar-refractivity contribution in [1.29, 1.82) is 0 Å². The fourth-order valence-electron chi connectivity index (χ4n) is 2.09. The van der Waals surface area contributed by atoms with Crippen LogP contribution >= 0.6 is 0 Å². The van der Waals surface area contributed by atoms with Gasteiger partial charge in [0, 0.05) is 0 Å². The Morgan fingerprint density at radius 2 is 0.923 bits per heavy atom. The minimum atomic E-state index is -1.61. The maximum Gasteiger partial charge on any atom is 0.340 e. The molecule has 2 aromatic carbocycles. The van der Waals surface area contributed by atoms with Gasteiger partial charge in [0.1, 0.15) is 11.1 Å². The van der Waals surface area contributed by atoms with Crippen molar-refractivity contribution in [3.8, 4) is 11.5 Å². The van der Waals surface area contributed by atoms with Gasteiger partial charge in [0.25, 0.3) is 0 Å². The molecule has 4 N–H and O–H groups in total. The lowest BCUT2D eigenvalue weighted by Gasteiger charge is -2.12. The number of aromatic carboxylic acids is 4. The predicted molar refractivity (Wildman–Crippen MR) is 82.0 cm³/mol. The second-order valence-electron chi connectivity index (χ2n) is 4.74. The molecular formula is C16H10O10. The average molecular weight is 362 g/mol. The topological polar surface area (TPSA) is 168 Å². The van der Waals surface area contributed by atoms with Gasteiger partial charge in [0.15, 0.2) is 11.5 Å². The lowest BCUT2D eigenvalue weighted by atomic mass is 10.1. The van der Waals surface area contributed by atoms with Crippen molar-refractivity contribution in [3.05, 3.63) is 58.7 Å². The van der Waals surface area contributed by atoms with E-state index in [-0.39, 0.29) is 0 Å². The highest BCUT2D eigenvalue weighted by atomic mass is 17.2. The SMILES string of the molecule is O=C(O)c1cccc(OOc2cccc(C(=O)O)c2C(=O)O)c1C(=O)O. The first-order valence-corrected chi connectivity index (χ1v) is 6.77. The third-order valence-corrected chi connectivity index (χ3v) is 3.16. The highest BCUT2D eigenvalue weighted by Gasteiger charge is 2.25. The van der Waals surface area contributed by atoms with Crippen molar-refractivity contribution in [2.45, 2.75) is 0 Å². The quantitative estimate of drug-likeness (QED) is 0.421. The fourth-order valence-corrected chi connectivity index (χ4v) is 2.09. The predicted octanol–water partition coefficient (Wildman–Crippen LogP) is 1.85. The number of benzene rings is 2. The number of carbonyl (C=O) groups is 4. The minimum Gasteiger partial charge on any atom is -0.478 e. The van der Waals surface area contributed by atoms with Crippen LogP contribution < -0.4 is 9.78 Å². The van der Waals surface area contributed by atoms with Crippen LogP contribution in [0.3, 0.4) is 0 Å². The molecule has 0 radical (unpaired) electrons. The molecule has 2 rings (SSSR count). The van der Waals surface area contributed by atoms with Gasteiger partial charge in [-0.15, -0.1) is 0 Å². The van der Waals surface area contributed by atoms with E-state index < -0.39 is 57.6 Å². The van der Waals surface area contributed by atoms with Crippen molar-refractivity contribution < 1.29 is 49.4 Å². The normalized spacial score (nSPS) is 10.0. The zero-order chi connectivity index (χ0) is 19.4. The standard InChI is InChI=1S/C16H10O10/c17-13(18)7-3-1-5-9(11(7)15(21)22)25-26-10-6-2-4-8(14(19)20)12(10)16(23)24/h1-6H,(H,17,18)(H,19,20)(H,21,22)(H,23,24). The molecule has 0 heterocycles. The van der Waals surface area contributed by atoms with Gasteiger partial charge in [-0.1, -0.05) is 12.1 Å².